The van der Waals surface area contributed by atoms with Crippen LogP contribution in [0.2, 0.25) is 0 Å². The lowest BCUT2D eigenvalue weighted by atomic mass is 10.1. The summed E-state index contributed by atoms with van der Waals surface area (Å²) in [5, 5.41) is 14.8. The Morgan fingerprint density at radius 3 is 2.64 bits per heavy atom. The van der Waals surface area contributed by atoms with Gasteiger partial charge < -0.3 is 4.57 Å². The van der Waals surface area contributed by atoms with E-state index in [-0.39, 0.29) is 10.6 Å². The van der Waals surface area contributed by atoms with E-state index in [1.165, 1.54) is 0 Å². The van der Waals surface area contributed by atoms with Crippen molar-refractivity contribution < 1.29 is 4.92 Å². The van der Waals surface area contributed by atoms with Crippen LogP contribution in [0.15, 0.2) is 47.8 Å². The molecule has 0 saturated heterocycles. The van der Waals surface area contributed by atoms with Crippen LogP contribution in [0.3, 0.4) is 0 Å². The van der Waals surface area contributed by atoms with Gasteiger partial charge in [0.2, 0.25) is 0 Å². The first kappa shape index (κ1) is 13.0. The van der Waals surface area contributed by atoms with Crippen molar-refractivity contribution in [3.8, 4) is 10.7 Å². The Balaban J connectivity index is 2.17. The molecule has 0 saturated carbocycles. The van der Waals surface area contributed by atoms with Gasteiger partial charge in [-0.05, 0) is 17.5 Å². The largest absolute Gasteiger partial charge is 0.326 e. The van der Waals surface area contributed by atoms with Crippen LogP contribution in [0, 0.1) is 10.1 Å². The quantitative estimate of drug-likeness (QED) is 0.408. The first-order chi connectivity index (χ1) is 10.7. The van der Waals surface area contributed by atoms with Crippen LogP contribution >= 0.6 is 11.3 Å². The molecule has 4 rings (SSSR count). The molecule has 0 bridgehead atoms. The van der Waals surface area contributed by atoms with Gasteiger partial charge in [0.1, 0.15) is 0 Å². The second-order valence-electron chi connectivity index (χ2n) is 5.04. The Morgan fingerprint density at radius 2 is 1.95 bits per heavy atom. The van der Waals surface area contributed by atoms with Gasteiger partial charge in [0.15, 0.2) is 5.82 Å². The van der Waals surface area contributed by atoms with Gasteiger partial charge in [-0.15, -0.1) is 11.3 Å². The zero-order valence-electron chi connectivity index (χ0n) is 11.7. The monoisotopic (exact) mass is 309 g/mol. The van der Waals surface area contributed by atoms with Crippen molar-refractivity contribution in [2.75, 3.05) is 0 Å². The molecular weight excluding hydrogens is 298 g/mol. The fourth-order valence-electron chi connectivity index (χ4n) is 2.77. The molecule has 0 atom stereocenters. The van der Waals surface area contributed by atoms with Crippen molar-refractivity contribution in [3.63, 3.8) is 0 Å². The fourth-order valence-corrected chi connectivity index (χ4v) is 3.52. The van der Waals surface area contributed by atoms with E-state index in [2.05, 4.69) is 0 Å². The fraction of sp³-hybridized carbons (Fsp3) is 0.0625. The van der Waals surface area contributed by atoms with Crippen LogP contribution < -0.4 is 0 Å². The molecule has 5 nitrogen and oxygen atoms in total. The summed E-state index contributed by atoms with van der Waals surface area (Å²) in [7, 11) is 1.89. The number of nitrogens with zero attached hydrogens (tertiary/aromatic N) is 3. The van der Waals surface area contributed by atoms with Gasteiger partial charge in [-0.25, -0.2) is 4.98 Å². The highest BCUT2D eigenvalue weighted by atomic mass is 32.1. The summed E-state index contributed by atoms with van der Waals surface area (Å²) in [4.78, 5) is 16.8. The summed E-state index contributed by atoms with van der Waals surface area (Å²) in [6, 6.07) is 12.9. The van der Waals surface area contributed by atoms with E-state index in [9.17, 15) is 10.1 Å². The number of aromatic nitrogens is 2. The summed E-state index contributed by atoms with van der Waals surface area (Å²) in [6.07, 6.45) is 0. The summed E-state index contributed by atoms with van der Waals surface area (Å²) >= 11 is 1.60. The predicted molar refractivity (Wildman–Crippen MR) is 88.2 cm³/mol. The minimum absolute atomic E-state index is 0.115. The molecule has 0 radical (unpaired) electrons. The van der Waals surface area contributed by atoms with E-state index in [1.54, 1.807) is 23.5 Å². The highest BCUT2D eigenvalue weighted by molar-refractivity contribution is 7.13. The lowest BCUT2D eigenvalue weighted by Gasteiger charge is -2.02. The smallest absolute Gasteiger partial charge is 0.279 e. The highest BCUT2D eigenvalue weighted by Crippen LogP contribution is 2.35. The molecule has 2 heterocycles. The van der Waals surface area contributed by atoms with E-state index < -0.39 is 0 Å². The SMILES string of the molecule is Cn1c(-c2cccs2)nc2c3ccccc3c([N+](=O)[O-])cc21. The highest BCUT2D eigenvalue weighted by Gasteiger charge is 2.20. The van der Waals surface area contributed by atoms with Gasteiger partial charge >= 0.3 is 0 Å². The maximum absolute atomic E-state index is 11.4. The van der Waals surface area contributed by atoms with Crippen LogP contribution in [0.5, 0.6) is 0 Å². The number of rotatable bonds is 2. The predicted octanol–water partition coefficient (Wildman–Crippen LogP) is 4.36. The average molecular weight is 309 g/mol. The lowest BCUT2D eigenvalue weighted by molar-refractivity contribution is -0.382. The van der Waals surface area contributed by atoms with Crippen molar-refractivity contribution in [1.82, 2.24) is 9.55 Å². The molecule has 4 aromatic rings. The molecule has 0 aliphatic rings. The van der Waals surface area contributed by atoms with E-state index in [0.717, 1.165) is 27.1 Å². The number of hydrogen-bond donors (Lipinski definition) is 0. The maximum atomic E-state index is 11.4. The molecule has 6 heteroatoms. The molecule has 108 valence electrons. The Bertz CT molecular complexity index is 1020. The second kappa shape index (κ2) is 4.64. The minimum atomic E-state index is -0.334. The number of hydrogen-bond acceptors (Lipinski definition) is 4. The minimum Gasteiger partial charge on any atom is -0.326 e. The summed E-state index contributed by atoms with van der Waals surface area (Å²) < 4.78 is 1.92. The molecule has 0 spiro atoms. The summed E-state index contributed by atoms with van der Waals surface area (Å²) in [5.41, 5.74) is 1.68. The van der Waals surface area contributed by atoms with Crippen LogP contribution in [-0.4, -0.2) is 14.5 Å². The Kier molecular flexibility index (Phi) is 2.74. The third-order valence-corrected chi connectivity index (χ3v) is 4.68. The first-order valence-corrected chi connectivity index (χ1v) is 7.61. The van der Waals surface area contributed by atoms with Crippen molar-refractivity contribution in [2.45, 2.75) is 0 Å². The van der Waals surface area contributed by atoms with Crippen LogP contribution in [0.25, 0.3) is 32.5 Å². The number of thiophene rings is 1. The number of aryl methyl sites for hydroxylation is 1. The van der Waals surface area contributed by atoms with Crippen molar-refractivity contribution in [3.05, 3.63) is 58.0 Å². The van der Waals surface area contributed by atoms with E-state index >= 15 is 0 Å². The standard InChI is InChI=1S/C16H11N3O2S/c1-18-13-9-12(19(20)21)10-5-2-3-6-11(10)15(13)17-16(18)14-7-4-8-22-14/h2-9H,1H3. The molecule has 0 aliphatic heterocycles. The Morgan fingerprint density at radius 1 is 1.18 bits per heavy atom. The summed E-state index contributed by atoms with van der Waals surface area (Å²) in [5.74, 6) is 0.829. The van der Waals surface area contributed by atoms with Crippen LogP contribution in [0.4, 0.5) is 5.69 Å². The average Bonchev–Trinajstić information content (AvgIpc) is 3.14. The zero-order valence-corrected chi connectivity index (χ0v) is 12.5. The van der Waals surface area contributed by atoms with E-state index in [0.29, 0.717) is 5.39 Å². The van der Waals surface area contributed by atoms with Crippen LogP contribution in [-0.2, 0) is 7.05 Å². The summed E-state index contributed by atoms with van der Waals surface area (Å²) in [6.45, 7) is 0. The molecule has 0 fully saturated rings. The first-order valence-electron chi connectivity index (χ1n) is 6.73. The molecule has 2 aromatic heterocycles. The second-order valence-corrected chi connectivity index (χ2v) is 5.99. The molecule has 0 unspecified atom stereocenters. The van der Waals surface area contributed by atoms with E-state index in [1.807, 2.05) is 47.3 Å². The Hall–Kier alpha value is -2.73. The number of nitro groups is 1. The molecule has 0 N–H and O–H groups in total. The third-order valence-electron chi connectivity index (χ3n) is 3.81. The van der Waals surface area contributed by atoms with Crippen molar-refractivity contribution in [2.24, 2.45) is 7.05 Å². The molecule has 0 amide bonds. The Labute approximate surface area is 129 Å². The normalized spacial score (nSPS) is 11.3. The van der Waals surface area contributed by atoms with Gasteiger partial charge in [0.05, 0.1) is 26.2 Å². The van der Waals surface area contributed by atoms with E-state index in [4.69, 9.17) is 4.98 Å². The van der Waals surface area contributed by atoms with Gasteiger partial charge in [-0.3, -0.25) is 10.1 Å². The molecular formula is C16H11N3O2S. The number of benzene rings is 2. The van der Waals surface area contributed by atoms with Gasteiger partial charge in [0.25, 0.3) is 5.69 Å². The van der Waals surface area contributed by atoms with Crippen LogP contribution in [0.1, 0.15) is 0 Å². The van der Waals surface area contributed by atoms with Gasteiger partial charge in [0, 0.05) is 18.5 Å². The molecule has 22 heavy (non-hydrogen) atoms. The molecule has 2 aromatic carbocycles. The maximum Gasteiger partial charge on any atom is 0.279 e. The number of fused-ring (bicyclic) bond motifs is 3. The zero-order chi connectivity index (χ0) is 15.3. The number of imidazole rings is 1. The number of non-ortho nitro benzene ring substituents is 1. The third kappa shape index (κ3) is 1.74. The number of nitro benzene ring substituents is 1. The van der Waals surface area contributed by atoms with Gasteiger partial charge in [-0.2, -0.15) is 0 Å². The molecule has 0 aliphatic carbocycles. The van der Waals surface area contributed by atoms with Crippen molar-refractivity contribution in [1.29, 1.82) is 0 Å². The topological polar surface area (TPSA) is 61.0 Å². The van der Waals surface area contributed by atoms with Crippen molar-refractivity contribution >= 4 is 38.8 Å². The lowest BCUT2D eigenvalue weighted by Crippen LogP contribution is -1.93. The van der Waals surface area contributed by atoms with Gasteiger partial charge in [-0.1, -0.05) is 24.3 Å².